The first-order valence-corrected chi connectivity index (χ1v) is 6.28. The number of azide groups is 1. The van der Waals surface area contributed by atoms with E-state index in [2.05, 4.69) is 15.3 Å². The van der Waals surface area contributed by atoms with Crippen molar-refractivity contribution in [3.05, 3.63) is 68.5 Å². The van der Waals surface area contributed by atoms with Crippen LogP contribution in [0.1, 0.15) is 10.4 Å². The van der Waals surface area contributed by atoms with Crippen molar-refractivity contribution in [2.45, 2.75) is 0 Å². The molecule has 20 heavy (non-hydrogen) atoms. The van der Waals surface area contributed by atoms with E-state index in [4.69, 9.17) is 28.7 Å². The second kappa shape index (κ2) is 6.30. The van der Waals surface area contributed by atoms with Gasteiger partial charge < -0.3 is 5.32 Å². The molecule has 100 valence electrons. The summed E-state index contributed by atoms with van der Waals surface area (Å²) in [4.78, 5) is 14.7. The predicted octanol–water partition coefficient (Wildman–Crippen LogP) is 5.19. The van der Waals surface area contributed by atoms with Crippen molar-refractivity contribution in [3.8, 4) is 0 Å². The van der Waals surface area contributed by atoms with E-state index in [0.29, 0.717) is 11.3 Å². The van der Waals surface area contributed by atoms with Crippen LogP contribution in [-0.4, -0.2) is 5.91 Å². The highest BCUT2D eigenvalue weighted by Crippen LogP contribution is 2.34. The standard InChI is InChI=1S/C13H8Cl2N4O/c14-9-6-10(15)12(18-19-16)7-11(9)17-13(20)8-4-2-1-3-5-8/h1-7H,(H,17,20). The van der Waals surface area contributed by atoms with Gasteiger partial charge in [0.15, 0.2) is 0 Å². The summed E-state index contributed by atoms with van der Waals surface area (Å²) in [5.41, 5.74) is 9.46. The van der Waals surface area contributed by atoms with Gasteiger partial charge in [-0.3, -0.25) is 4.79 Å². The smallest absolute Gasteiger partial charge is 0.255 e. The maximum atomic E-state index is 12.0. The highest BCUT2D eigenvalue weighted by atomic mass is 35.5. The van der Waals surface area contributed by atoms with Gasteiger partial charge in [0, 0.05) is 10.5 Å². The topological polar surface area (TPSA) is 77.9 Å². The third kappa shape index (κ3) is 3.22. The zero-order chi connectivity index (χ0) is 14.5. The maximum absolute atomic E-state index is 12.0. The van der Waals surface area contributed by atoms with Crippen LogP contribution in [0.5, 0.6) is 0 Å². The molecular formula is C13H8Cl2N4O. The zero-order valence-corrected chi connectivity index (χ0v) is 11.6. The first-order chi connectivity index (χ1) is 9.61. The molecule has 1 amide bonds. The Bertz CT molecular complexity index is 697. The lowest BCUT2D eigenvalue weighted by molar-refractivity contribution is 0.102. The number of nitrogens with zero attached hydrogens (tertiary/aromatic N) is 3. The molecule has 0 aromatic heterocycles. The number of carbonyl (C=O) groups is 1. The maximum Gasteiger partial charge on any atom is 0.255 e. The average Bonchev–Trinajstić information content (AvgIpc) is 2.45. The highest BCUT2D eigenvalue weighted by Gasteiger charge is 2.10. The van der Waals surface area contributed by atoms with Gasteiger partial charge in [-0.1, -0.05) is 46.5 Å². The zero-order valence-electron chi connectivity index (χ0n) is 10.0. The van der Waals surface area contributed by atoms with Gasteiger partial charge in [0.2, 0.25) is 0 Å². The summed E-state index contributed by atoms with van der Waals surface area (Å²) in [5, 5.41) is 6.54. The molecule has 0 atom stereocenters. The van der Waals surface area contributed by atoms with Crippen LogP contribution in [0.4, 0.5) is 11.4 Å². The number of amides is 1. The van der Waals surface area contributed by atoms with E-state index >= 15 is 0 Å². The minimum Gasteiger partial charge on any atom is -0.321 e. The van der Waals surface area contributed by atoms with Gasteiger partial charge in [-0.2, -0.15) is 0 Å². The molecule has 5 nitrogen and oxygen atoms in total. The fourth-order valence-electron chi connectivity index (χ4n) is 1.54. The Labute approximate surface area is 124 Å². The molecule has 0 aliphatic carbocycles. The Balaban J connectivity index is 2.32. The first-order valence-electron chi connectivity index (χ1n) is 5.52. The fourth-order valence-corrected chi connectivity index (χ4v) is 2.01. The first kappa shape index (κ1) is 14.2. The SMILES string of the molecule is [N-]=[N+]=Nc1cc(NC(=O)c2ccccc2)c(Cl)cc1Cl. The minimum atomic E-state index is -0.318. The largest absolute Gasteiger partial charge is 0.321 e. The molecule has 0 saturated heterocycles. The number of hydrogen-bond donors (Lipinski definition) is 1. The van der Waals surface area contributed by atoms with Crippen LogP contribution < -0.4 is 5.32 Å². The molecule has 0 aliphatic rings. The number of anilines is 1. The molecule has 0 aliphatic heterocycles. The highest BCUT2D eigenvalue weighted by molar-refractivity contribution is 6.38. The Kier molecular flexibility index (Phi) is 4.48. The Hall–Kier alpha value is -2.20. The van der Waals surface area contributed by atoms with Gasteiger partial charge in [0.05, 0.1) is 21.4 Å². The van der Waals surface area contributed by atoms with Crippen molar-refractivity contribution in [3.63, 3.8) is 0 Å². The van der Waals surface area contributed by atoms with Crippen LogP contribution >= 0.6 is 23.2 Å². The average molecular weight is 307 g/mol. The van der Waals surface area contributed by atoms with Crippen molar-refractivity contribution in [1.82, 2.24) is 0 Å². The summed E-state index contributed by atoms with van der Waals surface area (Å²) in [6.07, 6.45) is 0. The van der Waals surface area contributed by atoms with E-state index in [1.807, 2.05) is 6.07 Å². The summed E-state index contributed by atoms with van der Waals surface area (Å²) in [7, 11) is 0. The third-order valence-corrected chi connectivity index (χ3v) is 3.09. The van der Waals surface area contributed by atoms with Crippen molar-refractivity contribution in [2.75, 3.05) is 5.32 Å². The van der Waals surface area contributed by atoms with Crippen LogP contribution in [0, 0.1) is 0 Å². The number of carbonyl (C=O) groups excluding carboxylic acids is 1. The Morgan fingerprint density at radius 2 is 1.85 bits per heavy atom. The van der Waals surface area contributed by atoms with Crippen molar-refractivity contribution < 1.29 is 4.79 Å². The molecule has 0 radical (unpaired) electrons. The molecule has 0 unspecified atom stereocenters. The number of hydrogen-bond acceptors (Lipinski definition) is 2. The van der Waals surface area contributed by atoms with E-state index in [-0.39, 0.29) is 21.6 Å². The van der Waals surface area contributed by atoms with E-state index in [9.17, 15) is 4.79 Å². The molecule has 0 saturated carbocycles. The fraction of sp³-hybridized carbons (Fsp3) is 0. The molecule has 2 rings (SSSR count). The number of benzene rings is 2. The van der Waals surface area contributed by atoms with Crippen LogP contribution in [0.15, 0.2) is 47.6 Å². The number of halogens is 2. The van der Waals surface area contributed by atoms with Gasteiger partial charge in [-0.15, -0.1) is 0 Å². The molecule has 2 aromatic carbocycles. The summed E-state index contributed by atoms with van der Waals surface area (Å²) < 4.78 is 0. The van der Waals surface area contributed by atoms with Crippen LogP contribution in [0.25, 0.3) is 10.4 Å². The summed E-state index contributed by atoms with van der Waals surface area (Å²) >= 11 is 11.9. The van der Waals surface area contributed by atoms with Crippen molar-refractivity contribution in [2.24, 2.45) is 5.11 Å². The second-order valence-corrected chi connectivity index (χ2v) is 4.61. The Morgan fingerprint density at radius 3 is 2.50 bits per heavy atom. The molecule has 0 fully saturated rings. The van der Waals surface area contributed by atoms with E-state index < -0.39 is 0 Å². The lowest BCUT2D eigenvalue weighted by Gasteiger charge is -2.09. The molecule has 0 heterocycles. The molecule has 1 N–H and O–H groups in total. The summed E-state index contributed by atoms with van der Waals surface area (Å²) in [5.74, 6) is -0.318. The number of rotatable bonds is 3. The van der Waals surface area contributed by atoms with Crippen LogP contribution in [-0.2, 0) is 0 Å². The summed E-state index contributed by atoms with van der Waals surface area (Å²) in [6, 6.07) is 11.5. The Morgan fingerprint density at radius 1 is 1.15 bits per heavy atom. The minimum absolute atomic E-state index is 0.196. The molecule has 2 aromatic rings. The summed E-state index contributed by atoms with van der Waals surface area (Å²) in [6.45, 7) is 0. The number of nitrogens with one attached hydrogen (secondary N) is 1. The predicted molar refractivity (Wildman–Crippen MR) is 79.7 cm³/mol. The van der Waals surface area contributed by atoms with Crippen molar-refractivity contribution >= 4 is 40.5 Å². The van der Waals surface area contributed by atoms with Gasteiger partial charge in [0.25, 0.3) is 5.91 Å². The second-order valence-electron chi connectivity index (χ2n) is 3.79. The monoisotopic (exact) mass is 306 g/mol. The molecule has 0 bridgehead atoms. The third-order valence-electron chi connectivity index (χ3n) is 2.47. The normalized spacial score (nSPS) is 9.70. The van der Waals surface area contributed by atoms with Crippen LogP contribution in [0.2, 0.25) is 10.0 Å². The molecule has 0 spiro atoms. The quantitative estimate of drug-likeness (QED) is 0.473. The van der Waals surface area contributed by atoms with E-state index in [1.165, 1.54) is 12.1 Å². The van der Waals surface area contributed by atoms with Crippen LogP contribution in [0.3, 0.4) is 0 Å². The van der Waals surface area contributed by atoms with Gasteiger partial charge >= 0.3 is 0 Å². The lowest BCUT2D eigenvalue weighted by Crippen LogP contribution is -2.11. The lowest BCUT2D eigenvalue weighted by atomic mass is 10.2. The van der Waals surface area contributed by atoms with Gasteiger partial charge in [-0.25, -0.2) is 0 Å². The molecular weight excluding hydrogens is 299 g/mol. The van der Waals surface area contributed by atoms with Gasteiger partial charge in [-0.05, 0) is 29.8 Å². The van der Waals surface area contributed by atoms with Gasteiger partial charge in [0.1, 0.15) is 0 Å². The van der Waals surface area contributed by atoms with E-state index in [0.717, 1.165) is 0 Å². The van der Waals surface area contributed by atoms with Crippen molar-refractivity contribution in [1.29, 1.82) is 0 Å². The molecule has 7 heteroatoms. The van der Waals surface area contributed by atoms with E-state index in [1.54, 1.807) is 24.3 Å².